The van der Waals surface area contributed by atoms with Crippen LogP contribution in [-0.2, 0) is 6.54 Å². The third kappa shape index (κ3) is 5.85. The lowest BCUT2D eigenvalue weighted by atomic mass is 10.1. The highest BCUT2D eigenvalue weighted by Gasteiger charge is 2.05. The Morgan fingerprint density at radius 3 is 2.89 bits per heavy atom. The van der Waals surface area contributed by atoms with Gasteiger partial charge in [0.1, 0.15) is 0 Å². The summed E-state index contributed by atoms with van der Waals surface area (Å²) >= 11 is 0. The van der Waals surface area contributed by atoms with Gasteiger partial charge in [-0.3, -0.25) is 10.1 Å². The third-order valence-electron chi connectivity index (χ3n) is 2.58. The standard InChI is InChI=1S/C13H20N4O2/c1-10(2)6-7-15-13(14)16-9-11-4-3-5-12(8-11)17(18)19/h3-5,8,10H,6-7,9H2,1-2H3,(H3,14,15,16). The molecule has 0 aliphatic rings. The van der Waals surface area contributed by atoms with Crippen LogP contribution in [0.1, 0.15) is 25.8 Å². The Hall–Kier alpha value is -2.11. The largest absolute Gasteiger partial charge is 0.370 e. The van der Waals surface area contributed by atoms with Crippen molar-refractivity contribution in [3.8, 4) is 0 Å². The van der Waals surface area contributed by atoms with E-state index in [4.69, 9.17) is 5.73 Å². The smallest absolute Gasteiger partial charge is 0.269 e. The predicted octanol–water partition coefficient (Wildman–Crippen LogP) is 2.05. The van der Waals surface area contributed by atoms with Gasteiger partial charge in [0.2, 0.25) is 0 Å². The lowest BCUT2D eigenvalue weighted by Crippen LogP contribution is -2.32. The van der Waals surface area contributed by atoms with Crippen LogP contribution < -0.4 is 11.1 Å². The van der Waals surface area contributed by atoms with Crippen LogP contribution in [0.2, 0.25) is 0 Å². The number of non-ortho nitro benzene ring substituents is 1. The minimum Gasteiger partial charge on any atom is -0.370 e. The Morgan fingerprint density at radius 1 is 1.53 bits per heavy atom. The third-order valence-corrected chi connectivity index (χ3v) is 2.58. The van der Waals surface area contributed by atoms with Gasteiger partial charge >= 0.3 is 0 Å². The lowest BCUT2D eigenvalue weighted by Gasteiger charge is -2.07. The first kappa shape index (κ1) is 14.9. The van der Waals surface area contributed by atoms with E-state index in [1.54, 1.807) is 12.1 Å². The van der Waals surface area contributed by atoms with E-state index >= 15 is 0 Å². The van der Waals surface area contributed by atoms with Crippen molar-refractivity contribution in [2.45, 2.75) is 26.8 Å². The minimum atomic E-state index is -0.419. The number of benzene rings is 1. The summed E-state index contributed by atoms with van der Waals surface area (Å²) in [5.41, 5.74) is 6.55. The molecule has 0 atom stereocenters. The Balaban J connectivity index is 2.50. The lowest BCUT2D eigenvalue weighted by molar-refractivity contribution is -0.384. The molecule has 6 nitrogen and oxygen atoms in total. The van der Waals surface area contributed by atoms with E-state index in [9.17, 15) is 10.1 Å². The quantitative estimate of drug-likeness (QED) is 0.356. The first-order valence-corrected chi connectivity index (χ1v) is 6.26. The Kier molecular flexibility index (Phi) is 5.78. The van der Waals surface area contributed by atoms with Crippen molar-refractivity contribution >= 4 is 11.6 Å². The second-order valence-corrected chi connectivity index (χ2v) is 4.74. The first-order valence-electron chi connectivity index (χ1n) is 6.26. The van der Waals surface area contributed by atoms with Gasteiger partial charge in [-0.25, -0.2) is 4.99 Å². The van der Waals surface area contributed by atoms with Gasteiger partial charge in [0, 0.05) is 18.7 Å². The van der Waals surface area contributed by atoms with Crippen molar-refractivity contribution in [1.29, 1.82) is 0 Å². The summed E-state index contributed by atoms with van der Waals surface area (Å²) in [5, 5.41) is 13.6. The maximum absolute atomic E-state index is 10.6. The number of aliphatic imine (C=N–C) groups is 1. The topological polar surface area (TPSA) is 93.5 Å². The molecule has 3 N–H and O–H groups in total. The van der Waals surface area contributed by atoms with Crippen LogP contribution in [0, 0.1) is 16.0 Å². The van der Waals surface area contributed by atoms with Crippen LogP contribution in [0.15, 0.2) is 29.3 Å². The molecule has 0 fully saturated rings. The average Bonchev–Trinajstić information content (AvgIpc) is 2.36. The Morgan fingerprint density at radius 2 is 2.26 bits per heavy atom. The highest BCUT2D eigenvalue weighted by Crippen LogP contribution is 2.13. The fourth-order valence-corrected chi connectivity index (χ4v) is 1.49. The molecule has 6 heteroatoms. The Bertz CT molecular complexity index is 458. The highest BCUT2D eigenvalue weighted by molar-refractivity contribution is 5.77. The molecule has 1 rings (SSSR count). The van der Waals surface area contributed by atoms with Gasteiger partial charge in [-0.15, -0.1) is 0 Å². The van der Waals surface area contributed by atoms with Crippen LogP contribution >= 0.6 is 0 Å². The normalized spacial score (nSPS) is 11.6. The second kappa shape index (κ2) is 7.35. The van der Waals surface area contributed by atoms with Gasteiger partial charge in [-0.2, -0.15) is 0 Å². The zero-order chi connectivity index (χ0) is 14.3. The van der Waals surface area contributed by atoms with Crippen LogP contribution in [0.4, 0.5) is 5.69 Å². The number of rotatable bonds is 6. The van der Waals surface area contributed by atoms with Crippen LogP contribution in [0.5, 0.6) is 0 Å². The van der Waals surface area contributed by atoms with Gasteiger partial charge in [0.05, 0.1) is 11.5 Å². The summed E-state index contributed by atoms with van der Waals surface area (Å²) in [6.45, 7) is 5.39. The molecule has 0 saturated heterocycles. The summed E-state index contributed by atoms with van der Waals surface area (Å²) in [4.78, 5) is 14.4. The van der Waals surface area contributed by atoms with Crippen molar-refractivity contribution in [3.63, 3.8) is 0 Å². The van der Waals surface area contributed by atoms with Crippen LogP contribution in [0.3, 0.4) is 0 Å². The van der Waals surface area contributed by atoms with Crippen LogP contribution in [-0.4, -0.2) is 17.4 Å². The molecular weight excluding hydrogens is 244 g/mol. The molecule has 0 unspecified atom stereocenters. The second-order valence-electron chi connectivity index (χ2n) is 4.74. The fraction of sp³-hybridized carbons (Fsp3) is 0.462. The van der Waals surface area contributed by atoms with Gasteiger partial charge < -0.3 is 11.1 Å². The van der Waals surface area contributed by atoms with E-state index in [0.717, 1.165) is 18.5 Å². The van der Waals surface area contributed by atoms with E-state index in [-0.39, 0.29) is 5.69 Å². The van der Waals surface area contributed by atoms with E-state index in [0.29, 0.717) is 18.4 Å². The maximum atomic E-state index is 10.6. The van der Waals surface area contributed by atoms with Gasteiger partial charge in [-0.1, -0.05) is 26.0 Å². The van der Waals surface area contributed by atoms with Gasteiger partial charge in [0.25, 0.3) is 5.69 Å². The van der Waals surface area contributed by atoms with Crippen molar-refractivity contribution in [1.82, 2.24) is 5.32 Å². The van der Waals surface area contributed by atoms with Crippen molar-refractivity contribution in [3.05, 3.63) is 39.9 Å². The summed E-state index contributed by atoms with van der Waals surface area (Å²) in [6, 6.07) is 6.39. The molecule has 0 spiro atoms. The first-order chi connectivity index (χ1) is 8.99. The van der Waals surface area contributed by atoms with Gasteiger partial charge in [0.15, 0.2) is 5.96 Å². The number of nitro benzene ring substituents is 1. The molecule has 1 aromatic carbocycles. The minimum absolute atomic E-state index is 0.0686. The number of nitrogens with one attached hydrogen (secondary N) is 1. The number of nitro groups is 1. The molecule has 0 radical (unpaired) electrons. The number of nitrogens with two attached hydrogens (primary N) is 1. The monoisotopic (exact) mass is 264 g/mol. The molecule has 0 aliphatic carbocycles. The molecular formula is C13H20N4O2. The number of guanidine groups is 1. The van der Waals surface area contributed by atoms with Crippen molar-refractivity contribution in [2.24, 2.45) is 16.6 Å². The summed E-state index contributed by atoms with van der Waals surface area (Å²) < 4.78 is 0. The maximum Gasteiger partial charge on any atom is 0.269 e. The summed E-state index contributed by atoms with van der Waals surface area (Å²) in [7, 11) is 0. The zero-order valence-electron chi connectivity index (χ0n) is 11.3. The number of nitrogens with zero attached hydrogens (tertiary/aromatic N) is 2. The molecule has 0 amide bonds. The molecule has 0 saturated carbocycles. The summed E-state index contributed by atoms with van der Waals surface area (Å²) in [5.74, 6) is 0.976. The molecule has 0 aromatic heterocycles. The SMILES string of the molecule is CC(C)CCNC(N)=NCc1cccc([N+](=O)[O-])c1. The average molecular weight is 264 g/mol. The molecule has 104 valence electrons. The number of hydrogen-bond acceptors (Lipinski definition) is 3. The molecule has 0 heterocycles. The molecule has 0 aliphatic heterocycles. The molecule has 0 bridgehead atoms. The summed E-state index contributed by atoms with van der Waals surface area (Å²) in [6.07, 6.45) is 1.02. The van der Waals surface area contributed by atoms with Gasteiger partial charge in [-0.05, 0) is 17.9 Å². The van der Waals surface area contributed by atoms with Crippen LogP contribution in [0.25, 0.3) is 0 Å². The van der Waals surface area contributed by atoms with E-state index in [1.165, 1.54) is 12.1 Å². The predicted molar refractivity (Wildman–Crippen MR) is 75.9 cm³/mol. The zero-order valence-corrected chi connectivity index (χ0v) is 11.3. The number of hydrogen-bond donors (Lipinski definition) is 2. The van der Waals surface area contributed by atoms with Crippen molar-refractivity contribution < 1.29 is 4.92 Å². The van der Waals surface area contributed by atoms with E-state index < -0.39 is 4.92 Å². The fourth-order valence-electron chi connectivity index (χ4n) is 1.49. The van der Waals surface area contributed by atoms with E-state index in [2.05, 4.69) is 24.2 Å². The van der Waals surface area contributed by atoms with E-state index in [1.807, 2.05) is 0 Å². The molecule has 19 heavy (non-hydrogen) atoms. The Labute approximate surface area is 112 Å². The highest BCUT2D eigenvalue weighted by atomic mass is 16.6. The molecule has 1 aromatic rings. The van der Waals surface area contributed by atoms with Crippen molar-refractivity contribution in [2.75, 3.05) is 6.54 Å².